The number of nitrogens with zero attached hydrogens (tertiary/aromatic N) is 1. The summed E-state index contributed by atoms with van der Waals surface area (Å²) in [5.74, 6) is -0.826. The fraction of sp³-hybridized carbons (Fsp3) is 0.609. The minimum absolute atomic E-state index is 0.000127. The monoisotopic (exact) mass is 494 g/mol. The van der Waals surface area contributed by atoms with Crippen molar-refractivity contribution in [2.45, 2.75) is 90.0 Å². The van der Waals surface area contributed by atoms with Crippen LogP contribution in [0.4, 0.5) is 0 Å². The van der Waals surface area contributed by atoms with E-state index >= 15 is 0 Å². The molecule has 1 atom stereocenters. The van der Waals surface area contributed by atoms with Gasteiger partial charge in [0.2, 0.25) is 5.91 Å². The van der Waals surface area contributed by atoms with E-state index < -0.39 is 23.5 Å². The van der Waals surface area contributed by atoms with Crippen LogP contribution in [0.1, 0.15) is 81.6 Å². The SMILES string of the molecule is CC(C)(C)OC(=O)CCC(C(N)=O)N1Cc2ccc(Br)c(OC3CCCCC3)c2C1=O. The highest BCUT2D eigenvalue weighted by molar-refractivity contribution is 9.10. The second-order valence-corrected chi connectivity index (χ2v) is 10.1. The average Bonchev–Trinajstić information content (AvgIpc) is 3.00. The minimum Gasteiger partial charge on any atom is -0.488 e. The lowest BCUT2D eigenvalue weighted by molar-refractivity contribution is -0.155. The molecule has 2 N–H and O–H groups in total. The first-order chi connectivity index (χ1) is 14.6. The number of fused-ring (bicyclic) bond motifs is 1. The van der Waals surface area contributed by atoms with Gasteiger partial charge in [-0.25, -0.2) is 0 Å². The van der Waals surface area contributed by atoms with Gasteiger partial charge >= 0.3 is 5.97 Å². The van der Waals surface area contributed by atoms with E-state index in [2.05, 4.69) is 15.9 Å². The number of rotatable bonds is 7. The lowest BCUT2D eigenvalue weighted by Gasteiger charge is -2.26. The Morgan fingerprint density at radius 2 is 1.90 bits per heavy atom. The molecule has 1 fully saturated rings. The molecule has 31 heavy (non-hydrogen) atoms. The summed E-state index contributed by atoms with van der Waals surface area (Å²) in [6.07, 6.45) is 5.57. The van der Waals surface area contributed by atoms with Gasteiger partial charge in [0.05, 0.1) is 16.1 Å². The van der Waals surface area contributed by atoms with E-state index in [1.54, 1.807) is 20.8 Å². The van der Waals surface area contributed by atoms with Crippen LogP contribution >= 0.6 is 15.9 Å². The van der Waals surface area contributed by atoms with Gasteiger partial charge in [-0.05, 0) is 80.4 Å². The number of ether oxygens (including phenoxy) is 2. The van der Waals surface area contributed by atoms with E-state index in [1.807, 2.05) is 12.1 Å². The fourth-order valence-electron chi connectivity index (χ4n) is 4.18. The van der Waals surface area contributed by atoms with Gasteiger partial charge in [0.25, 0.3) is 5.91 Å². The minimum atomic E-state index is -0.895. The molecule has 170 valence electrons. The molecule has 0 saturated heterocycles. The number of hydrogen-bond acceptors (Lipinski definition) is 5. The summed E-state index contributed by atoms with van der Waals surface area (Å²) < 4.78 is 12.3. The Bertz CT molecular complexity index is 858. The highest BCUT2D eigenvalue weighted by Gasteiger charge is 2.39. The molecule has 0 radical (unpaired) electrons. The van der Waals surface area contributed by atoms with E-state index in [-0.39, 0.29) is 31.4 Å². The van der Waals surface area contributed by atoms with Crippen molar-refractivity contribution >= 4 is 33.7 Å². The summed E-state index contributed by atoms with van der Waals surface area (Å²) in [6, 6.07) is 2.83. The molecule has 3 rings (SSSR count). The second-order valence-electron chi connectivity index (χ2n) is 9.26. The van der Waals surface area contributed by atoms with Gasteiger partial charge in [-0.15, -0.1) is 0 Å². The molecular formula is C23H31BrN2O5. The van der Waals surface area contributed by atoms with Crippen LogP contribution in [0.2, 0.25) is 0 Å². The smallest absolute Gasteiger partial charge is 0.306 e. The summed E-state index contributed by atoms with van der Waals surface area (Å²) >= 11 is 3.52. The number of benzene rings is 1. The van der Waals surface area contributed by atoms with Gasteiger partial charge in [-0.2, -0.15) is 0 Å². The third-order valence-electron chi connectivity index (χ3n) is 5.59. The summed E-state index contributed by atoms with van der Waals surface area (Å²) in [5, 5.41) is 0. The normalized spacial score (nSPS) is 17.9. The summed E-state index contributed by atoms with van der Waals surface area (Å²) in [6.45, 7) is 5.60. The Labute approximate surface area is 191 Å². The molecule has 1 heterocycles. The van der Waals surface area contributed by atoms with Crippen LogP contribution in [-0.2, 0) is 20.9 Å². The molecule has 1 aliphatic carbocycles. The van der Waals surface area contributed by atoms with Crippen molar-refractivity contribution in [1.82, 2.24) is 4.90 Å². The molecule has 1 aromatic rings. The Balaban J connectivity index is 1.77. The number of nitrogens with two attached hydrogens (primary N) is 1. The number of carbonyl (C=O) groups is 3. The molecule has 0 aromatic heterocycles. The van der Waals surface area contributed by atoms with Crippen LogP contribution in [-0.4, -0.2) is 40.4 Å². The highest BCUT2D eigenvalue weighted by atomic mass is 79.9. The first-order valence-corrected chi connectivity index (χ1v) is 11.7. The number of halogens is 1. The molecule has 2 amide bonds. The Morgan fingerprint density at radius 3 is 2.52 bits per heavy atom. The maximum Gasteiger partial charge on any atom is 0.306 e. The Hall–Kier alpha value is -2.09. The number of amides is 2. The molecule has 8 heteroatoms. The second kappa shape index (κ2) is 9.59. The van der Waals surface area contributed by atoms with Crippen molar-refractivity contribution in [2.75, 3.05) is 0 Å². The zero-order valence-corrected chi connectivity index (χ0v) is 20.0. The molecule has 0 bridgehead atoms. The zero-order chi connectivity index (χ0) is 22.8. The van der Waals surface area contributed by atoms with Gasteiger partial charge in [-0.3, -0.25) is 14.4 Å². The Kier molecular flexibility index (Phi) is 7.29. The van der Waals surface area contributed by atoms with Gasteiger partial charge < -0.3 is 20.1 Å². The van der Waals surface area contributed by atoms with Crippen molar-refractivity contribution in [2.24, 2.45) is 5.73 Å². The molecule has 1 aromatic carbocycles. The standard InChI is InChI=1S/C23H31BrN2O5/c1-23(2,3)31-18(27)12-11-17(21(25)28)26-13-14-9-10-16(24)20(19(14)22(26)29)30-15-7-5-4-6-8-15/h9-10,15,17H,4-8,11-13H2,1-3H3,(H2,25,28). The fourth-order valence-corrected chi connectivity index (χ4v) is 4.60. The van der Waals surface area contributed by atoms with Crippen LogP contribution in [0, 0.1) is 0 Å². The quantitative estimate of drug-likeness (QED) is 0.575. The molecule has 0 spiro atoms. The maximum atomic E-state index is 13.3. The molecule has 1 saturated carbocycles. The first-order valence-electron chi connectivity index (χ1n) is 10.9. The van der Waals surface area contributed by atoms with Crippen molar-refractivity contribution in [3.8, 4) is 5.75 Å². The topological polar surface area (TPSA) is 98.9 Å². The predicted octanol–water partition coefficient (Wildman–Crippen LogP) is 4.09. The summed E-state index contributed by atoms with van der Waals surface area (Å²) in [5.41, 5.74) is 6.27. The van der Waals surface area contributed by atoms with E-state index in [0.29, 0.717) is 11.3 Å². The lowest BCUT2D eigenvalue weighted by Crippen LogP contribution is -2.45. The maximum absolute atomic E-state index is 13.3. The summed E-state index contributed by atoms with van der Waals surface area (Å²) in [7, 11) is 0. The lowest BCUT2D eigenvalue weighted by atomic mass is 9.97. The van der Waals surface area contributed by atoms with Crippen LogP contribution in [0.25, 0.3) is 0 Å². The van der Waals surface area contributed by atoms with Crippen LogP contribution in [0.15, 0.2) is 16.6 Å². The zero-order valence-electron chi connectivity index (χ0n) is 18.4. The van der Waals surface area contributed by atoms with E-state index in [0.717, 1.165) is 35.7 Å². The molecule has 7 nitrogen and oxygen atoms in total. The third-order valence-corrected chi connectivity index (χ3v) is 6.22. The van der Waals surface area contributed by atoms with E-state index in [9.17, 15) is 14.4 Å². The number of hydrogen-bond donors (Lipinski definition) is 1. The third kappa shape index (κ3) is 5.79. The van der Waals surface area contributed by atoms with Crippen LogP contribution < -0.4 is 10.5 Å². The number of esters is 1. The van der Waals surface area contributed by atoms with E-state index in [1.165, 1.54) is 11.3 Å². The van der Waals surface area contributed by atoms with Crippen molar-refractivity contribution in [1.29, 1.82) is 0 Å². The largest absolute Gasteiger partial charge is 0.488 e. The van der Waals surface area contributed by atoms with Gasteiger partial charge in [-0.1, -0.05) is 12.5 Å². The van der Waals surface area contributed by atoms with Crippen LogP contribution in [0.3, 0.4) is 0 Å². The average molecular weight is 495 g/mol. The molecule has 2 aliphatic rings. The molecule has 1 unspecified atom stereocenters. The van der Waals surface area contributed by atoms with Crippen LogP contribution in [0.5, 0.6) is 5.75 Å². The van der Waals surface area contributed by atoms with Gasteiger partial charge in [0, 0.05) is 13.0 Å². The van der Waals surface area contributed by atoms with Crippen molar-refractivity contribution in [3.05, 3.63) is 27.7 Å². The van der Waals surface area contributed by atoms with Crippen molar-refractivity contribution < 1.29 is 23.9 Å². The van der Waals surface area contributed by atoms with Crippen molar-refractivity contribution in [3.63, 3.8) is 0 Å². The first kappa shape index (κ1) is 23.6. The molecular weight excluding hydrogens is 464 g/mol. The predicted molar refractivity (Wildman–Crippen MR) is 120 cm³/mol. The van der Waals surface area contributed by atoms with E-state index in [4.69, 9.17) is 15.2 Å². The molecule has 1 aliphatic heterocycles. The summed E-state index contributed by atoms with van der Waals surface area (Å²) in [4.78, 5) is 39.1. The highest BCUT2D eigenvalue weighted by Crippen LogP contribution is 2.39. The number of carbonyl (C=O) groups excluding carboxylic acids is 3. The Morgan fingerprint density at radius 1 is 1.23 bits per heavy atom. The van der Waals surface area contributed by atoms with Gasteiger partial charge in [0.1, 0.15) is 17.4 Å². The van der Waals surface area contributed by atoms with Gasteiger partial charge in [0.15, 0.2) is 0 Å². The number of primary amides is 1.